The van der Waals surface area contributed by atoms with Gasteiger partial charge in [0.25, 0.3) is 0 Å². The summed E-state index contributed by atoms with van der Waals surface area (Å²) in [6.07, 6.45) is 2.59. The monoisotopic (exact) mass is 264 g/mol. The van der Waals surface area contributed by atoms with Crippen LogP contribution in [0.25, 0.3) is 0 Å². The minimum atomic E-state index is -0.364. The summed E-state index contributed by atoms with van der Waals surface area (Å²) in [5, 5.41) is 2.89. The van der Waals surface area contributed by atoms with Crippen LogP contribution in [0.2, 0.25) is 0 Å². The van der Waals surface area contributed by atoms with Gasteiger partial charge in [0.05, 0.1) is 12.8 Å². The molecule has 1 aliphatic rings. The number of amides is 2. The predicted octanol–water partition coefficient (Wildman–Crippen LogP) is 1.54. The van der Waals surface area contributed by atoms with Crippen LogP contribution in [0.1, 0.15) is 32.4 Å². The zero-order valence-corrected chi connectivity index (χ0v) is 11.4. The van der Waals surface area contributed by atoms with E-state index >= 15 is 0 Å². The molecule has 19 heavy (non-hydrogen) atoms. The molecule has 1 fully saturated rings. The van der Waals surface area contributed by atoms with Crippen LogP contribution in [0.3, 0.4) is 0 Å². The number of nitrogens with one attached hydrogen (secondary N) is 1. The highest BCUT2D eigenvalue weighted by molar-refractivity contribution is 5.90. The fourth-order valence-electron chi connectivity index (χ4n) is 2.20. The van der Waals surface area contributed by atoms with Gasteiger partial charge in [0.1, 0.15) is 11.8 Å². The van der Waals surface area contributed by atoms with Gasteiger partial charge in [-0.25, -0.2) is 0 Å². The van der Waals surface area contributed by atoms with E-state index in [2.05, 4.69) is 5.32 Å². The number of nitrogens with zero attached hydrogens (tertiary/aromatic N) is 1. The summed E-state index contributed by atoms with van der Waals surface area (Å²) < 4.78 is 5.24. The van der Waals surface area contributed by atoms with Crippen molar-refractivity contribution in [2.45, 2.75) is 39.3 Å². The van der Waals surface area contributed by atoms with E-state index in [1.807, 2.05) is 19.9 Å². The number of likely N-dealkylation sites (tertiary alicyclic amines) is 1. The predicted molar refractivity (Wildman–Crippen MR) is 70.1 cm³/mol. The van der Waals surface area contributed by atoms with Gasteiger partial charge >= 0.3 is 0 Å². The number of rotatable bonds is 5. The van der Waals surface area contributed by atoms with Crippen LogP contribution in [-0.4, -0.2) is 29.3 Å². The van der Waals surface area contributed by atoms with Crippen LogP contribution in [0.15, 0.2) is 22.8 Å². The van der Waals surface area contributed by atoms with Crippen molar-refractivity contribution in [2.24, 2.45) is 5.92 Å². The first kappa shape index (κ1) is 13.6. The van der Waals surface area contributed by atoms with Crippen LogP contribution >= 0.6 is 0 Å². The van der Waals surface area contributed by atoms with Crippen molar-refractivity contribution in [3.63, 3.8) is 0 Å². The Labute approximate surface area is 113 Å². The van der Waals surface area contributed by atoms with Gasteiger partial charge in [-0.3, -0.25) is 9.59 Å². The molecule has 0 spiro atoms. The molecule has 1 atom stereocenters. The minimum Gasteiger partial charge on any atom is -0.467 e. The van der Waals surface area contributed by atoms with Gasteiger partial charge in [-0.1, -0.05) is 13.8 Å². The molecule has 1 aliphatic heterocycles. The second-order valence-corrected chi connectivity index (χ2v) is 5.29. The topological polar surface area (TPSA) is 62.6 Å². The van der Waals surface area contributed by atoms with Crippen LogP contribution in [0, 0.1) is 5.92 Å². The van der Waals surface area contributed by atoms with Gasteiger partial charge in [0.2, 0.25) is 11.8 Å². The van der Waals surface area contributed by atoms with E-state index in [9.17, 15) is 9.59 Å². The lowest BCUT2D eigenvalue weighted by Crippen LogP contribution is -2.45. The third-order valence-corrected chi connectivity index (χ3v) is 3.22. The molecule has 5 nitrogen and oxygen atoms in total. The standard InChI is InChI=1S/C14H20N2O3/c1-10(2)8-15-14(18)12-5-6-13(17)16(12)9-11-4-3-7-19-11/h3-4,7,10,12H,5-6,8-9H2,1-2H3,(H,15,18)/t12-/m1/s1. The van der Waals surface area contributed by atoms with Crippen LogP contribution in [0.4, 0.5) is 0 Å². The fraction of sp³-hybridized carbons (Fsp3) is 0.571. The Kier molecular flexibility index (Phi) is 4.24. The highest BCUT2D eigenvalue weighted by Crippen LogP contribution is 2.21. The Morgan fingerprint density at radius 3 is 3.00 bits per heavy atom. The molecular formula is C14H20N2O3. The Balaban J connectivity index is 1.98. The largest absolute Gasteiger partial charge is 0.467 e. The van der Waals surface area contributed by atoms with E-state index < -0.39 is 0 Å². The molecule has 1 aromatic rings. The lowest BCUT2D eigenvalue weighted by molar-refractivity contribution is -0.136. The molecule has 0 saturated carbocycles. The molecule has 0 aliphatic carbocycles. The van der Waals surface area contributed by atoms with Crippen molar-refractivity contribution in [3.8, 4) is 0 Å². The van der Waals surface area contributed by atoms with Gasteiger partial charge in [0.15, 0.2) is 0 Å². The zero-order chi connectivity index (χ0) is 13.8. The molecule has 0 aromatic carbocycles. The summed E-state index contributed by atoms with van der Waals surface area (Å²) in [6.45, 7) is 5.09. The normalized spacial score (nSPS) is 19.2. The van der Waals surface area contributed by atoms with Gasteiger partial charge < -0.3 is 14.6 Å². The Morgan fingerprint density at radius 1 is 1.58 bits per heavy atom. The quantitative estimate of drug-likeness (QED) is 0.877. The molecular weight excluding hydrogens is 244 g/mol. The maximum atomic E-state index is 12.1. The molecule has 5 heteroatoms. The van der Waals surface area contributed by atoms with Gasteiger partial charge in [-0.15, -0.1) is 0 Å². The maximum absolute atomic E-state index is 12.1. The first-order valence-electron chi connectivity index (χ1n) is 6.67. The van der Waals surface area contributed by atoms with Crippen molar-refractivity contribution in [3.05, 3.63) is 24.2 Å². The average molecular weight is 264 g/mol. The maximum Gasteiger partial charge on any atom is 0.242 e. The number of carbonyl (C=O) groups excluding carboxylic acids is 2. The average Bonchev–Trinajstić information content (AvgIpc) is 2.98. The highest BCUT2D eigenvalue weighted by atomic mass is 16.3. The zero-order valence-electron chi connectivity index (χ0n) is 11.4. The smallest absolute Gasteiger partial charge is 0.242 e. The lowest BCUT2D eigenvalue weighted by atomic mass is 10.2. The first-order chi connectivity index (χ1) is 9.08. The van der Waals surface area contributed by atoms with Crippen LogP contribution in [-0.2, 0) is 16.1 Å². The summed E-state index contributed by atoms with van der Waals surface area (Å²) in [6, 6.07) is 3.23. The van der Waals surface area contributed by atoms with Gasteiger partial charge in [0, 0.05) is 13.0 Å². The molecule has 0 radical (unpaired) electrons. The first-order valence-corrected chi connectivity index (χ1v) is 6.67. The Bertz CT molecular complexity index is 440. The van der Waals surface area contributed by atoms with E-state index in [1.165, 1.54) is 0 Å². The number of hydrogen-bond acceptors (Lipinski definition) is 3. The number of hydrogen-bond donors (Lipinski definition) is 1. The molecule has 0 bridgehead atoms. The van der Waals surface area contributed by atoms with Crippen molar-refractivity contribution >= 4 is 11.8 Å². The second kappa shape index (κ2) is 5.91. The summed E-state index contributed by atoms with van der Waals surface area (Å²) >= 11 is 0. The fourth-order valence-corrected chi connectivity index (χ4v) is 2.20. The molecule has 1 N–H and O–H groups in total. The van der Waals surface area contributed by atoms with Gasteiger partial charge in [-0.2, -0.15) is 0 Å². The summed E-state index contributed by atoms with van der Waals surface area (Å²) in [7, 11) is 0. The molecule has 2 heterocycles. The Morgan fingerprint density at radius 2 is 2.37 bits per heavy atom. The van der Waals surface area contributed by atoms with E-state index in [4.69, 9.17) is 4.42 Å². The van der Waals surface area contributed by atoms with E-state index in [0.717, 1.165) is 0 Å². The van der Waals surface area contributed by atoms with Crippen molar-refractivity contribution < 1.29 is 14.0 Å². The number of furan rings is 1. The molecule has 0 unspecified atom stereocenters. The second-order valence-electron chi connectivity index (χ2n) is 5.29. The minimum absolute atomic E-state index is 0.0149. The SMILES string of the molecule is CC(C)CNC(=O)[C@H]1CCC(=O)N1Cc1ccco1. The molecule has 2 amide bonds. The molecule has 1 saturated heterocycles. The lowest BCUT2D eigenvalue weighted by Gasteiger charge is -2.23. The van der Waals surface area contributed by atoms with Gasteiger partial charge in [-0.05, 0) is 24.5 Å². The van der Waals surface area contributed by atoms with Crippen LogP contribution in [0.5, 0.6) is 0 Å². The Hall–Kier alpha value is -1.78. The number of carbonyl (C=O) groups is 2. The van der Waals surface area contributed by atoms with E-state index in [-0.39, 0.29) is 17.9 Å². The summed E-state index contributed by atoms with van der Waals surface area (Å²) in [5.41, 5.74) is 0. The van der Waals surface area contributed by atoms with Crippen molar-refractivity contribution in [2.75, 3.05) is 6.54 Å². The molecule has 104 valence electrons. The molecule has 1 aromatic heterocycles. The van der Waals surface area contributed by atoms with Crippen molar-refractivity contribution in [1.82, 2.24) is 10.2 Å². The van der Waals surface area contributed by atoms with Crippen molar-refractivity contribution in [1.29, 1.82) is 0 Å². The molecule has 2 rings (SSSR count). The third kappa shape index (κ3) is 3.36. The highest BCUT2D eigenvalue weighted by Gasteiger charge is 2.36. The third-order valence-electron chi connectivity index (χ3n) is 3.22. The van der Waals surface area contributed by atoms with Crippen LogP contribution < -0.4 is 5.32 Å². The van der Waals surface area contributed by atoms with E-state index in [1.54, 1.807) is 17.2 Å². The summed E-state index contributed by atoms with van der Waals surface area (Å²) in [4.78, 5) is 25.6. The summed E-state index contributed by atoms with van der Waals surface area (Å²) in [5.74, 6) is 1.06. The van der Waals surface area contributed by atoms with E-state index in [0.29, 0.717) is 37.6 Å².